The molecule has 1 aromatic rings. The number of benzene rings is 1. The van der Waals surface area contributed by atoms with Gasteiger partial charge in [0.25, 0.3) is 0 Å². The SMILES string of the molecule is C=CCc1cc(OCC)cc(CN2CCN(CC(=O)N3CCCCC3)CC2)c1O. The summed E-state index contributed by atoms with van der Waals surface area (Å²) in [5.74, 6) is 1.41. The van der Waals surface area contributed by atoms with Gasteiger partial charge in [-0.3, -0.25) is 14.6 Å². The van der Waals surface area contributed by atoms with E-state index >= 15 is 0 Å². The number of piperazine rings is 1. The summed E-state index contributed by atoms with van der Waals surface area (Å²) in [5.41, 5.74) is 1.75. The zero-order valence-corrected chi connectivity index (χ0v) is 17.7. The van der Waals surface area contributed by atoms with Crippen LogP contribution in [0.3, 0.4) is 0 Å². The summed E-state index contributed by atoms with van der Waals surface area (Å²) in [6.07, 6.45) is 5.93. The van der Waals surface area contributed by atoms with Crippen molar-refractivity contribution < 1.29 is 14.6 Å². The summed E-state index contributed by atoms with van der Waals surface area (Å²) >= 11 is 0. The summed E-state index contributed by atoms with van der Waals surface area (Å²) in [6.45, 7) is 12.9. The molecular weight excluding hydrogens is 366 g/mol. The number of hydrogen-bond donors (Lipinski definition) is 1. The number of hydrogen-bond acceptors (Lipinski definition) is 5. The van der Waals surface area contributed by atoms with Crippen LogP contribution >= 0.6 is 0 Å². The molecule has 6 heteroatoms. The Morgan fingerprint density at radius 3 is 2.38 bits per heavy atom. The minimum atomic E-state index is 0.272. The molecule has 0 aromatic heterocycles. The molecule has 0 bridgehead atoms. The number of nitrogens with zero attached hydrogens (tertiary/aromatic N) is 3. The molecule has 2 aliphatic rings. The third-order valence-corrected chi connectivity index (χ3v) is 5.84. The molecule has 6 nitrogen and oxygen atoms in total. The maximum atomic E-state index is 12.5. The summed E-state index contributed by atoms with van der Waals surface area (Å²) in [6, 6.07) is 3.84. The topological polar surface area (TPSA) is 56.2 Å². The molecule has 3 rings (SSSR count). The normalized spacial score (nSPS) is 18.6. The molecule has 1 aromatic carbocycles. The highest BCUT2D eigenvalue weighted by Gasteiger charge is 2.23. The standard InChI is InChI=1S/C23H35N3O3/c1-3-8-19-15-21(29-4-2)16-20(23(19)28)17-24-11-13-25(14-12-24)18-22(27)26-9-6-5-7-10-26/h3,15-16,28H,1,4-14,17-18H2,2H3. The molecule has 0 radical (unpaired) electrons. The summed E-state index contributed by atoms with van der Waals surface area (Å²) in [7, 11) is 0. The summed E-state index contributed by atoms with van der Waals surface area (Å²) in [5, 5.41) is 10.7. The minimum Gasteiger partial charge on any atom is -0.507 e. The number of allylic oxidation sites excluding steroid dienone is 1. The number of carbonyl (C=O) groups excluding carboxylic acids is 1. The van der Waals surface area contributed by atoms with E-state index in [0.29, 0.717) is 31.9 Å². The van der Waals surface area contributed by atoms with Gasteiger partial charge in [0.15, 0.2) is 0 Å². The lowest BCUT2D eigenvalue weighted by atomic mass is 10.0. The average Bonchev–Trinajstić information content (AvgIpc) is 2.74. The minimum absolute atomic E-state index is 0.272. The Morgan fingerprint density at radius 2 is 1.72 bits per heavy atom. The van der Waals surface area contributed by atoms with Gasteiger partial charge in [-0.1, -0.05) is 6.08 Å². The predicted octanol–water partition coefficient (Wildman–Crippen LogP) is 2.65. The van der Waals surface area contributed by atoms with Crippen LogP contribution in [-0.4, -0.2) is 78.1 Å². The Hall–Kier alpha value is -2.05. The lowest BCUT2D eigenvalue weighted by Crippen LogP contribution is -2.50. The average molecular weight is 402 g/mol. The smallest absolute Gasteiger partial charge is 0.236 e. The maximum absolute atomic E-state index is 12.5. The van der Waals surface area contributed by atoms with E-state index in [9.17, 15) is 9.90 Å². The van der Waals surface area contributed by atoms with E-state index in [1.54, 1.807) is 6.08 Å². The van der Waals surface area contributed by atoms with Crippen LogP contribution < -0.4 is 4.74 Å². The highest BCUT2D eigenvalue weighted by Crippen LogP contribution is 2.30. The maximum Gasteiger partial charge on any atom is 0.236 e. The second kappa shape index (κ2) is 10.6. The second-order valence-corrected chi connectivity index (χ2v) is 8.01. The first-order valence-corrected chi connectivity index (χ1v) is 10.9. The van der Waals surface area contributed by atoms with Crippen LogP contribution in [0.4, 0.5) is 0 Å². The van der Waals surface area contributed by atoms with Crippen LogP contribution in [0.25, 0.3) is 0 Å². The van der Waals surface area contributed by atoms with Crippen LogP contribution in [0.5, 0.6) is 11.5 Å². The number of phenolic OH excluding ortho intramolecular Hbond substituents is 1. The fourth-order valence-electron chi connectivity index (χ4n) is 4.19. The molecular formula is C23H35N3O3. The third-order valence-electron chi connectivity index (χ3n) is 5.84. The molecule has 1 N–H and O–H groups in total. The Labute approximate surface area is 174 Å². The van der Waals surface area contributed by atoms with Crippen molar-refractivity contribution in [1.29, 1.82) is 0 Å². The van der Waals surface area contributed by atoms with Crippen molar-refractivity contribution in [3.8, 4) is 11.5 Å². The Kier molecular flexibility index (Phi) is 7.95. The molecule has 2 fully saturated rings. The number of likely N-dealkylation sites (tertiary alicyclic amines) is 1. The molecule has 0 saturated carbocycles. The third kappa shape index (κ3) is 5.97. The van der Waals surface area contributed by atoms with Crippen molar-refractivity contribution >= 4 is 5.91 Å². The molecule has 2 saturated heterocycles. The largest absolute Gasteiger partial charge is 0.507 e. The zero-order chi connectivity index (χ0) is 20.6. The van der Waals surface area contributed by atoms with Gasteiger partial charge in [-0.15, -0.1) is 6.58 Å². The number of amides is 1. The van der Waals surface area contributed by atoms with Gasteiger partial charge in [0.2, 0.25) is 5.91 Å². The highest BCUT2D eigenvalue weighted by molar-refractivity contribution is 5.78. The fraction of sp³-hybridized carbons (Fsp3) is 0.609. The van der Waals surface area contributed by atoms with Crippen LogP contribution in [0.1, 0.15) is 37.3 Å². The number of aromatic hydroxyl groups is 1. The van der Waals surface area contributed by atoms with E-state index in [1.807, 2.05) is 24.0 Å². The number of ether oxygens (including phenoxy) is 1. The highest BCUT2D eigenvalue weighted by atomic mass is 16.5. The van der Waals surface area contributed by atoms with E-state index in [0.717, 1.165) is 69.0 Å². The zero-order valence-electron chi connectivity index (χ0n) is 17.7. The van der Waals surface area contributed by atoms with E-state index in [4.69, 9.17) is 4.74 Å². The monoisotopic (exact) mass is 401 g/mol. The van der Waals surface area contributed by atoms with Crippen molar-refractivity contribution in [3.05, 3.63) is 35.9 Å². The molecule has 1 amide bonds. The number of rotatable bonds is 8. The lowest BCUT2D eigenvalue weighted by molar-refractivity contribution is -0.133. The van der Waals surface area contributed by atoms with E-state index in [-0.39, 0.29) is 5.91 Å². The summed E-state index contributed by atoms with van der Waals surface area (Å²) < 4.78 is 5.68. The van der Waals surface area contributed by atoms with Crippen molar-refractivity contribution in [2.24, 2.45) is 0 Å². The van der Waals surface area contributed by atoms with Gasteiger partial charge in [-0.2, -0.15) is 0 Å². The molecule has 0 unspecified atom stereocenters. The summed E-state index contributed by atoms with van der Waals surface area (Å²) in [4.78, 5) is 19.1. The first-order valence-electron chi connectivity index (χ1n) is 10.9. The lowest BCUT2D eigenvalue weighted by Gasteiger charge is -2.36. The molecule has 29 heavy (non-hydrogen) atoms. The Morgan fingerprint density at radius 1 is 1.07 bits per heavy atom. The number of piperidine rings is 1. The van der Waals surface area contributed by atoms with Crippen molar-refractivity contribution in [2.45, 2.75) is 39.2 Å². The van der Waals surface area contributed by atoms with E-state index in [2.05, 4.69) is 16.4 Å². The Bertz CT molecular complexity index is 693. The predicted molar refractivity (Wildman–Crippen MR) is 115 cm³/mol. The van der Waals surface area contributed by atoms with Gasteiger partial charge in [-0.05, 0) is 44.7 Å². The molecule has 0 aliphatic carbocycles. The first kappa shape index (κ1) is 21.7. The van der Waals surface area contributed by atoms with Crippen molar-refractivity contribution in [3.63, 3.8) is 0 Å². The van der Waals surface area contributed by atoms with Gasteiger partial charge in [0, 0.05) is 56.9 Å². The Balaban J connectivity index is 1.54. The van der Waals surface area contributed by atoms with Gasteiger partial charge in [0.05, 0.1) is 13.2 Å². The first-order chi connectivity index (χ1) is 14.1. The van der Waals surface area contributed by atoms with Gasteiger partial charge < -0.3 is 14.7 Å². The van der Waals surface area contributed by atoms with Crippen LogP contribution in [0.2, 0.25) is 0 Å². The second-order valence-electron chi connectivity index (χ2n) is 8.01. The van der Waals surface area contributed by atoms with Gasteiger partial charge in [0.1, 0.15) is 11.5 Å². The molecule has 160 valence electrons. The van der Waals surface area contributed by atoms with E-state index in [1.165, 1.54) is 6.42 Å². The van der Waals surface area contributed by atoms with E-state index < -0.39 is 0 Å². The quantitative estimate of drug-likeness (QED) is 0.679. The van der Waals surface area contributed by atoms with Gasteiger partial charge in [-0.25, -0.2) is 0 Å². The van der Waals surface area contributed by atoms with Gasteiger partial charge >= 0.3 is 0 Å². The van der Waals surface area contributed by atoms with Crippen LogP contribution in [-0.2, 0) is 17.8 Å². The number of phenols is 1. The van der Waals surface area contributed by atoms with Crippen LogP contribution in [0, 0.1) is 0 Å². The number of carbonyl (C=O) groups is 1. The molecule has 0 atom stereocenters. The van der Waals surface area contributed by atoms with Crippen LogP contribution in [0.15, 0.2) is 24.8 Å². The molecule has 0 spiro atoms. The van der Waals surface area contributed by atoms with Crippen molar-refractivity contribution in [2.75, 3.05) is 52.4 Å². The molecule has 2 aliphatic heterocycles. The molecule has 2 heterocycles. The van der Waals surface area contributed by atoms with Crippen molar-refractivity contribution in [1.82, 2.24) is 14.7 Å². The fourth-order valence-corrected chi connectivity index (χ4v) is 4.19.